The summed E-state index contributed by atoms with van der Waals surface area (Å²) in [6.45, 7) is 0. The predicted octanol–water partition coefficient (Wildman–Crippen LogP) is 7.74. The Hall–Kier alpha value is -5.94. The molecule has 0 radical (unpaired) electrons. The van der Waals surface area contributed by atoms with Crippen LogP contribution in [-0.2, 0) is 0 Å². The van der Waals surface area contributed by atoms with Gasteiger partial charge in [-0.3, -0.25) is 0 Å². The van der Waals surface area contributed by atoms with Crippen molar-refractivity contribution < 1.29 is 0 Å². The number of aliphatic imine (C=N–C) groups is 4. The van der Waals surface area contributed by atoms with Gasteiger partial charge < -0.3 is 5.73 Å². The molecule has 5 nitrogen and oxygen atoms in total. The maximum Gasteiger partial charge on any atom is 0.0816 e. The monoisotopic (exact) mass is 551 g/mol. The van der Waals surface area contributed by atoms with E-state index >= 15 is 0 Å². The zero-order valence-corrected chi connectivity index (χ0v) is 23.1. The summed E-state index contributed by atoms with van der Waals surface area (Å²) >= 11 is 0. The molecule has 0 spiro atoms. The van der Waals surface area contributed by atoms with Crippen molar-refractivity contribution in [1.29, 1.82) is 0 Å². The van der Waals surface area contributed by atoms with Crippen LogP contribution in [0.4, 0.5) is 5.69 Å². The lowest BCUT2D eigenvalue weighted by atomic mass is 9.91. The highest BCUT2D eigenvalue weighted by Crippen LogP contribution is 2.38. The lowest BCUT2D eigenvalue weighted by Crippen LogP contribution is -2.06. The van der Waals surface area contributed by atoms with Crippen molar-refractivity contribution in [2.24, 2.45) is 20.0 Å². The number of allylic oxidation sites excluding steroid dienone is 12. The van der Waals surface area contributed by atoms with Gasteiger partial charge in [0, 0.05) is 22.4 Å². The first-order valence-electron chi connectivity index (χ1n) is 14.2. The molecule has 0 amide bonds. The average molecular weight is 552 g/mol. The molecule has 0 aromatic heterocycles. The summed E-state index contributed by atoms with van der Waals surface area (Å²) in [6.07, 6.45) is 18.4. The van der Waals surface area contributed by atoms with Gasteiger partial charge in [-0.05, 0) is 83.5 Å². The van der Waals surface area contributed by atoms with E-state index in [1.807, 2.05) is 91.0 Å². The van der Waals surface area contributed by atoms with Crippen LogP contribution in [0.2, 0.25) is 0 Å². The molecule has 0 fully saturated rings. The van der Waals surface area contributed by atoms with E-state index < -0.39 is 0 Å². The van der Waals surface area contributed by atoms with Crippen molar-refractivity contribution in [3.05, 3.63) is 179 Å². The van der Waals surface area contributed by atoms with Crippen LogP contribution in [0.5, 0.6) is 0 Å². The van der Waals surface area contributed by atoms with Crippen LogP contribution in [-0.4, -0.2) is 22.8 Å². The molecule has 3 aromatic carbocycles. The van der Waals surface area contributed by atoms with Gasteiger partial charge in [-0.15, -0.1) is 0 Å². The minimum absolute atomic E-state index is 0.717. The quantitative estimate of drug-likeness (QED) is 0.332. The molecule has 0 saturated heterocycles. The topological polar surface area (TPSA) is 75.5 Å². The van der Waals surface area contributed by atoms with E-state index in [0.717, 1.165) is 84.7 Å². The second-order valence-electron chi connectivity index (χ2n) is 10.6. The van der Waals surface area contributed by atoms with Crippen LogP contribution in [0.25, 0.3) is 16.7 Å². The second-order valence-corrected chi connectivity index (χ2v) is 10.6. The number of hydrogen-bond donors (Lipinski definition) is 1. The molecular weight excluding hydrogens is 526 g/mol. The highest BCUT2D eigenvalue weighted by atomic mass is 14.9. The summed E-state index contributed by atoms with van der Waals surface area (Å²) in [5, 5.41) is 0. The maximum atomic E-state index is 6.06. The minimum Gasteiger partial charge on any atom is -0.399 e. The SMILES string of the molecule is Nc1ccc(C2=CC3=CC4=NC(=CC5=NC(=C(c6ccccc6)C6=NC(=C(c7ccccc7)C2=N3)C=C6)C=C5)C=C4)cc1. The molecule has 0 saturated carbocycles. The third-order valence-corrected chi connectivity index (χ3v) is 7.72. The lowest BCUT2D eigenvalue weighted by molar-refractivity contribution is 1.41. The molecule has 0 unspecified atom stereocenters. The van der Waals surface area contributed by atoms with Gasteiger partial charge in [0.15, 0.2) is 0 Å². The van der Waals surface area contributed by atoms with E-state index in [1.165, 1.54) is 0 Å². The number of fused-ring (bicyclic) bond motifs is 4. The van der Waals surface area contributed by atoms with E-state index in [1.54, 1.807) is 0 Å². The molecule has 202 valence electrons. The van der Waals surface area contributed by atoms with Crippen LogP contribution in [0.1, 0.15) is 16.7 Å². The summed E-state index contributed by atoms with van der Waals surface area (Å²) in [6, 6.07) is 28.6. The minimum atomic E-state index is 0.717. The third-order valence-electron chi connectivity index (χ3n) is 7.72. The Bertz CT molecular complexity index is 2070. The number of anilines is 1. The summed E-state index contributed by atoms with van der Waals surface area (Å²) in [5.41, 5.74) is 19.6. The van der Waals surface area contributed by atoms with E-state index in [-0.39, 0.29) is 0 Å². The van der Waals surface area contributed by atoms with Gasteiger partial charge in [-0.1, -0.05) is 72.8 Å². The number of nitrogens with two attached hydrogens (primary N) is 1. The Morgan fingerprint density at radius 3 is 1.84 bits per heavy atom. The van der Waals surface area contributed by atoms with Gasteiger partial charge in [0.05, 0.1) is 45.6 Å². The number of nitrogens with zero attached hydrogens (tertiary/aromatic N) is 4. The van der Waals surface area contributed by atoms with Crippen LogP contribution in [0.15, 0.2) is 182 Å². The van der Waals surface area contributed by atoms with Crippen LogP contribution < -0.4 is 5.73 Å². The maximum absolute atomic E-state index is 6.06. The largest absolute Gasteiger partial charge is 0.399 e. The van der Waals surface area contributed by atoms with Crippen molar-refractivity contribution in [3.8, 4) is 0 Å². The Kier molecular flexibility index (Phi) is 5.86. The molecule has 2 N–H and O–H groups in total. The smallest absolute Gasteiger partial charge is 0.0816 e. The van der Waals surface area contributed by atoms with Gasteiger partial charge in [-0.2, -0.15) is 0 Å². The van der Waals surface area contributed by atoms with Crippen molar-refractivity contribution >= 4 is 45.3 Å². The molecule has 5 heteroatoms. The standard InChI is InChI=1S/C38H25N5/c39-27-13-11-24(12-14-27)32-23-31-22-29-16-15-28(40-29)21-30-17-18-33(41-30)36(25-7-3-1-4-8-25)34-19-20-35(43-34)37(38(32)42-31)26-9-5-2-6-10-26/h1-23H,39H2. The van der Waals surface area contributed by atoms with Crippen LogP contribution in [0.3, 0.4) is 0 Å². The van der Waals surface area contributed by atoms with Gasteiger partial charge in [0.1, 0.15) is 0 Å². The summed E-state index contributed by atoms with van der Waals surface area (Å²) in [7, 11) is 0. The third kappa shape index (κ3) is 4.63. The number of nitrogen functional groups attached to an aromatic ring is 1. The first kappa shape index (κ1) is 24.8. The summed E-state index contributed by atoms with van der Waals surface area (Å²) < 4.78 is 0. The zero-order chi connectivity index (χ0) is 28.8. The molecule has 8 bridgehead atoms. The van der Waals surface area contributed by atoms with E-state index in [2.05, 4.69) is 48.6 Å². The molecule has 5 aliphatic heterocycles. The zero-order valence-electron chi connectivity index (χ0n) is 23.1. The average Bonchev–Trinajstić information content (AvgIpc) is 3.85. The Morgan fingerprint density at radius 2 is 1.07 bits per heavy atom. The van der Waals surface area contributed by atoms with Crippen molar-refractivity contribution in [2.75, 3.05) is 5.73 Å². The fourth-order valence-corrected chi connectivity index (χ4v) is 5.72. The Morgan fingerprint density at radius 1 is 0.442 bits per heavy atom. The number of rotatable bonds is 3. The van der Waals surface area contributed by atoms with E-state index in [0.29, 0.717) is 0 Å². The van der Waals surface area contributed by atoms with Gasteiger partial charge in [0.2, 0.25) is 0 Å². The highest BCUT2D eigenvalue weighted by Gasteiger charge is 2.27. The fraction of sp³-hybridized carbons (Fsp3) is 0. The summed E-state index contributed by atoms with van der Waals surface area (Å²) in [4.78, 5) is 20.4. The molecule has 5 heterocycles. The van der Waals surface area contributed by atoms with Gasteiger partial charge in [-0.25, -0.2) is 20.0 Å². The molecule has 8 rings (SSSR count). The van der Waals surface area contributed by atoms with Crippen molar-refractivity contribution in [1.82, 2.24) is 0 Å². The molecule has 3 aromatic rings. The lowest BCUT2D eigenvalue weighted by Gasteiger charge is -2.14. The Labute approximate surface area is 249 Å². The van der Waals surface area contributed by atoms with Crippen molar-refractivity contribution in [2.45, 2.75) is 0 Å². The molecular formula is C38H25N5. The van der Waals surface area contributed by atoms with E-state index in [9.17, 15) is 0 Å². The second kappa shape index (κ2) is 10.2. The van der Waals surface area contributed by atoms with Crippen LogP contribution >= 0.6 is 0 Å². The molecule has 43 heavy (non-hydrogen) atoms. The Balaban J connectivity index is 1.42. The van der Waals surface area contributed by atoms with E-state index in [4.69, 9.17) is 25.7 Å². The molecule has 0 aliphatic carbocycles. The van der Waals surface area contributed by atoms with Crippen molar-refractivity contribution in [3.63, 3.8) is 0 Å². The normalized spacial score (nSPS) is 18.4. The summed E-state index contributed by atoms with van der Waals surface area (Å²) in [5.74, 6) is 0. The first-order valence-corrected chi connectivity index (χ1v) is 14.2. The highest BCUT2D eigenvalue weighted by molar-refractivity contribution is 6.47. The van der Waals surface area contributed by atoms with Gasteiger partial charge in [0.25, 0.3) is 0 Å². The predicted molar refractivity (Wildman–Crippen MR) is 179 cm³/mol. The number of hydrogen-bond acceptors (Lipinski definition) is 5. The number of benzene rings is 3. The molecule has 0 atom stereocenters. The fourth-order valence-electron chi connectivity index (χ4n) is 5.72. The molecule has 5 aliphatic rings. The first-order chi connectivity index (χ1) is 21.2. The van der Waals surface area contributed by atoms with Crippen LogP contribution in [0, 0.1) is 0 Å². The van der Waals surface area contributed by atoms with Gasteiger partial charge >= 0.3 is 0 Å².